The van der Waals surface area contributed by atoms with E-state index in [4.69, 9.17) is 4.74 Å². The molecule has 0 aromatic heterocycles. The fraction of sp³-hybridized carbons (Fsp3) is 0.667. The molecule has 2 atom stereocenters. The molecule has 3 heteroatoms. The van der Waals surface area contributed by atoms with E-state index in [1.54, 1.807) is 0 Å². The minimum Gasteiger partial charge on any atom is -0.377 e. The molecule has 21 heavy (non-hydrogen) atoms. The first-order valence-corrected chi connectivity index (χ1v) is 8.46. The molecule has 0 radical (unpaired) electrons. The standard InChI is InChI=1S/C18H30N2O/c1-3-13-21-17-11-8-12-20(15-17)18(14-19-4-2)16-9-6-5-7-10-16/h5-7,9-10,17-19H,3-4,8,11-15H2,1-2H3. The molecule has 3 nitrogen and oxygen atoms in total. The van der Waals surface area contributed by atoms with Gasteiger partial charge in [-0.3, -0.25) is 4.90 Å². The van der Waals surface area contributed by atoms with Crippen LogP contribution >= 0.6 is 0 Å². The number of hydrogen-bond acceptors (Lipinski definition) is 3. The molecule has 1 N–H and O–H groups in total. The van der Waals surface area contributed by atoms with Gasteiger partial charge in [-0.25, -0.2) is 0 Å². The Kier molecular flexibility index (Phi) is 7.20. The van der Waals surface area contributed by atoms with Gasteiger partial charge in [-0.1, -0.05) is 44.2 Å². The molecule has 1 aliphatic heterocycles. The monoisotopic (exact) mass is 290 g/mol. The van der Waals surface area contributed by atoms with Crippen LogP contribution in [0.3, 0.4) is 0 Å². The topological polar surface area (TPSA) is 24.5 Å². The molecular weight excluding hydrogens is 260 g/mol. The molecule has 0 bridgehead atoms. The van der Waals surface area contributed by atoms with Crippen molar-refractivity contribution in [3.05, 3.63) is 35.9 Å². The third kappa shape index (κ3) is 5.10. The van der Waals surface area contributed by atoms with Crippen LogP contribution in [0.25, 0.3) is 0 Å². The molecule has 118 valence electrons. The number of nitrogens with zero attached hydrogens (tertiary/aromatic N) is 1. The molecule has 1 aromatic carbocycles. The van der Waals surface area contributed by atoms with Gasteiger partial charge in [0, 0.05) is 25.7 Å². The highest BCUT2D eigenvalue weighted by atomic mass is 16.5. The van der Waals surface area contributed by atoms with E-state index in [0.717, 1.165) is 32.7 Å². The summed E-state index contributed by atoms with van der Waals surface area (Å²) in [5.74, 6) is 0. The van der Waals surface area contributed by atoms with Gasteiger partial charge >= 0.3 is 0 Å². The first kappa shape index (κ1) is 16.5. The van der Waals surface area contributed by atoms with Gasteiger partial charge in [0.1, 0.15) is 0 Å². The van der Waals surface area contributed by atoms with Gasteiger partial charge in [0.25, 0.3) is 0 Å². The Morgan fingerprint density at radius 1 is 1.29 bits per heavy atom. The van der Waals surface area contributed by atoms with Crippen LogP contribution in [0.1, 0.15) is 44.7 Å². The lowest BCUT2D eigenvalue weighted by molar-refractivity contribution is -0.0127. The van der Waals surface area contributed by atoms with Crippen LogP contribution < -0.4 is 5.32 Å². The molecule has 0 aliphatic carbocycles. The molecule has 1 aromatic rings. The molecule has 0 saturated carbocycles. The van der Waals surface area contributed by atoms with Crippen molar-refractivity contribution in [3.63, 3.8) is 0 Å². The van der Waals surface area contributed by atoms with Gasteiger partial charge in [0.15, 0.2) is 0 Å². The molecule has 2 unspecified atom stereocenters. The number of rotatable bonds is 8. The zero-order valence-electron chi connectivity index (χ0n) is 13.6. The van der Waals surface area contributed by atoms with E-state index in [1.807, 2.05) is 0 Å². The number of likely N-dealkylation sites (N-methyl/N-ethyl adjacent to an activating group) is 1. The summed E-state index contributed by atoms with van der Waals surface area (Å²) in [5, 5.41) is 3.52. The summed E-state index contributed by atoms with van der Waals surface area (Å²) in [6.07, 6.45) is 3.96. The second-order valence-electron chi connectivity index (χ2n) is 5.86. The first-order valence-electron chi connectivity index (χ1n) is 8.46. The summed E-state index contributed by atoms with van der Waals surface area (Å²) in [5.41, 5.74) is 1.41. The minimum absolute atomic E-state index is 0.409. The molecule has 0 amide bonds. The van der Waals surface area contributed by atoms with E-state index in [2.05, 4.69) is 54.4 Å². The number of benzene rings is 1. The van der Waals surface area contributed by atoms with Crippen molar-refractivity contribution < 1.29 is 4.74 Å². The fourth-order valence-corrected chi connectivity index (χ4v) is 3.08. The van der Waals surface area contributed by atoms with Crippen molar-refractivity contribution in [2.24, 2.45) is 0 Å². The van der Waals surface area contributed by atoms with Crippen molar-refractivity contribution >= 4 is 0 Å². The molecule has 1 heterocycles. The SMILES string of the molecule is CCCOC1CCCN(C(CNCC)c2ccccc2)C1. The largest absolute Gasteiger partial charge is 0.377 e. The average molecular weight is 290 g/mol. The summed E-state index contributed by atoms with van der Waals surface area (Å²) < 4.78 is 5.99. The summed E-state index contributed by atoms with van der Waals surface area (Å²) in [7, 11) is 0. The Morgan fingerprint density at radius 2 is 2.10 bits per heavy atom. The molecule has 1 saturated heterocycles. The number of ether oxygens (including phenoxy) is 1. The lowest BCUT2D eigenvalue weighted by Crippen LogP contribution is -2.44. The van der Waals surface area contributed by atoms with E-state index < -0.39 is 0 Å². The molecule has 1 fully saturated rings. The number of likely N-dealkylation sites (tertiary alicyclic amines) is 1. The van der Waals surface area contributed by atoms with E-state index in [-0.39, 0.29) is 0 Å². The van der Waals surface area contributed by atoms with Gasteiger partial charge in [-0.2, -0.15) is 0 Å². The molecule has 2 rings (SSSR count). The maximum absolute atomic E-state index is 5.99. The van der Waals surface area contributed by atoms with Gasteiger partial charge in [-0.15, -0.1) is 0 Å². The second kappa shape index (κ2) is 9.19. The summed E-state index contributed by atoms with van der Waals surface area (Å²) in [6.45, 7) is 9.52. The third-order valence-electron chi connectivity index (χ3n) is 4.18. The van der Waals surface area contributed by atoms with Crippen molar-refractivity contribution in [3.8, 4) is 0 Å². The second-order valence-corrected chi connectivity index (χ2v) is 5.86. The van der Waals surface area contributed by atoms with Crippen LogP contribution in [0.2, 0.25) is 0 Å². The fourth-order valence-electron chi connectivity index (χ4n) is 3.08. The Labute approximate surface area is 129 Å². The van der Waals surface area contributed by atoms with Crippen molar-refractivity contribution in [2.75, 3.05) is 32.8 Å². The average Bonchev–Trinajstić information content (AvgIpc) is 2.55. The number of nitrogens with one attached hydrogen (secondary N) is 1. The lowest BCUT2D eigenvalue weighted by Gasteiger charge is -2.38. The summed E-state index contributed by atoms with van der Waals surface area (Å²) in [4.78, 5) is 2.60. The molecule has 0 spiro atoms. The van der Waals surface area contributed by atoms with Crippen LogP contribution in [0.5, 0.6) is 0 Å². The summed E-state index contributed by atoms with van der Waals surface area (Å²) in [6, 6.07) is 11.3. The van der Waals surface area contributed by atoms with Gasteiger partial charge in [0.2, 0.25) is 0 Å². The van der Waals surface area contributed by atoms with E-state index in [9.17, 15) is 0 Å². The zero-order chi connectivity index (χ0) is 14.9. The number of piperidine rings is 1. The maximum Gasteiger partial charge on any atom is 0.0702 e. The smallest absolute Gasteiger partial charge is 0.0702 e. The predicted octanol–water partition coefficient (Wildman–Crippen LogP) is 3.23. The van der Waals surface area contributed by atoms with Crippen LogP contribution in [-0.4, -0.2) is 43.8 Å². The Bertz CT molecular complexity index is 382. The summed E-state index contributed by atoms with van der Waals surface area (Å²) >= 11 is 0. The Balaban J connectivity index is 2.01. The van der Waals surface area contributed by atoms with Crippen LogP contribution in [0.4, 0.5) is 0 Å². The van der Waals surface area contributed by atoms with Crippen LogP contribution in [0, 0.1) is 0 Å². The van der Waals surface area contributed by atoms with Gasteiger partial charge in [0.05, 0.1) is 6.10 Å². The normalized spacial score (nSPS) is 21.3. The third-order valence-corrected chi connectivity index (χ3v) is 4.18. The van der Waals surface area contributed by atoms with E-state index in [1.165, 1.54) is 24.9 Å². The highest BCUT2D eigenvalue weighted by Crippen LogP contribution is 2.25. The quantitative estimate of drug-likeness (QED) is 0.795. The highest BCUT2D eigenvalue weighted by molar-refractivity contribution is 5.19. The van der Waals surface area contributed by atoms with Crippen molar-refractivity contribution in [2.45, 2.75) is 45.3 Å². The van der Waals surface area contributed by atoms with E-state index in [0.29, 0.717) is 12.1 Å². The highest BCUT2D eigenvalue weighted by Gasteiger charge is 2.26. The maximum atomic E-state index is 5.99. The zero-order valence-corrected chi connectivity index (χ0v) is 13.6. The van der Waals surface area contributed by atoms with Crippen LogP contribution in [0.15, 0.2) is 30.3 Å². The minimum atomic E-state index is 0.409. The Hall–Kier alpha value is -0.900. The van der Waals surface area contributed by atoms with E-state index >= 15 is 0 Å². The Morgan fingerprint density at radius 3 is 2.81 bits per heavy atom. The lowest BCUT2D eigenvalue weighted by atomic mass is 10.0. The van der Waals surface area contributed by atoms with Gasteiger partial charge < -0.3 is 10.1 Å². The van der Waals surface area contributed by atoms with Crippen molar-refractivity contribution in [1.82, 2.24) is 10.2 Å². The molecule has 1 aliphatic rings. The van der Waals surface area contributed by atoms with Gasteiger partial charge in [-0.05, 0) is 37.9 Å². The van der Waals surface area contributed by atoms with Crippen molar-refractivity contribution in [1.29, 1.82) is 0 Å². The first-order chi connectivity index (χ1) is 10.3. The predicted molar refractivity (Wildman–Crippen MR) is 88.6 cm³/mol. The molecular formula is C18H30N2O. The number of hydrogen-bond donors (Lipinski definition) is 1. The van der Waals surface area contributed by atoms with Crippen LogP contribution in [-0.2, 0) is 4.74 Å².